The van der Waals surface area contributed by atoms with Gasteiger partial charge in [-0.25, -0.2) is 0 Å². The molecule has 4 heteroatoms. The van der Waals surface area contributed by atoms with Crippen molar-refractivity contribution in [1.82, 2.24) is 5.32 Å². The molecule has 0 saturated heterocycles. The Kier molecular flexibility index (Phi) is 4.93. The summed E-state index contributed by atoms with van der Waals surface area (Å²) in [4.78, 5) is 24.5. The molecule has 3 nitrogen and oxygen atoms in total. The molecule has 98 valence electrons. The Bertz CT molecular complexity index is 425. The van der Waals surface area contributed by atoms with E-state index in [0.29, 0.717) is 19.4 Å². The molecule has 2 heterocycles. The number of carbonyl (C=O) groups excluding carboxylic acids is 2. The molecule has 2 rings (SSSR count). The van der Waals surface area contributed by atoms with Crippen molar-refractivity contribution < 1.29 is 9.59 Å². The fourth-order valence-electron chi connectivity index (χ4n) is 2.22. The monoisotopic (exact) mass is 265 g/mol. The molecule has 0 unspecified atom stereocenters. The van der Waals surface area contributed by atoms with Gasteiger partial charge in [0.05, 0.1) is 4.88 Å². The molecule has 1 aromatic heterocycles. The molecule has 0 fully saturated rings. The zero-order chi connectivity index (χ0) is 12.8. The van der Waals surface area contributed by atoms with Crippen LogP contribution in [0.2, 0.25) is 0 Å². The van der Waals surface area contributed by atoms with Crippen LogP contribution in [-0.2, 0) is 11.3 Å². The lowest BCUT2D eigenvalue weighted by atomic mass is 10.1. The Morgan fingerprint density at radius 2 is 1.72 bits per heavy atom. The van der Waals surface area contributed by atoms with Crippen LogP contribution in [0.15, 0.2) is 11.4 Å². The zero-order valence-electron chi connectivity index (χ0n) is 10.5. The lowest BCUT2D eigenvalue weighted by molar-refractivity contribution is -0.121. The Labute approximate surface area is 112 Å². The number of hydrogen-bond acceptors (Lipinski definition) is 3. The maximum absolute atomic E-state index is 12.0. The van der Waals surface area contributed by atoms with E-state index in [4.69, 9.17) is 0 Å². The van der Waals surface area contributed by atoms with Gasteiger partial charge in [-0.1, -0.05) is 19.3 Å². The van der Waals surface area contributed by atoms with Gasteiger partial charge in [0, 0.05) is 19.4 Å². The molecule has 0 atom stereocenters. The van der Waals surface area contributed by atoms with Gasteiger partial charge in [-0.05, 0) is 29.9 Å². The molecule has 0 saturated carbocycles. The van der Waals surface area contributed by atoms with Crippen molar-refractivity contribution >= 4 is 23.0 Å². The van der Waals surface area contributed by atoms with E-state index < -0.39 is 0 Å². The fraction of sp³-hybridized carbons (Fsp3) is 0.571. The van der Waals surface area contributed by atoms with E-state index in [9.17, 15) is 9.59 Å². The van der Waals surface area contributed by atoms with Gasteiger partial charge in [0.1, 0.15) is 0 Å². The lowest BCUT2D eigenvalue weighted by Gasteiger charge is -2.05. The van der Waals surface area contributed by atoms with Crippen molar-refractivity contribution in [1.29, 1.82) is 0 Å². The molecular weight excluding hydrogens is 246 g/mol. The molecule has 1 N–H and O–H groups in total. The van der Waals surface area contributed by atoms with E-state index in [2.05, 4.69) is 5.32 Å². The number of thiophene rings is 1. The van der Waals surface area contributed by atoms with Gasteiger partial charge in [-0.15, -0.1) is 11.3 Å². The van der Waals surface area contributed by atoms with Crippen LogP contribution < -0.4 is 5.32 Å². The third-order valence-electron chi connectivity index (χ3n) is 3.28. The highest BCUT2D eigenvalue weighted by molar-refractivity contribution is 7.12. The second-order valence-corrected chi connectivity index (χ2v) is 5.66. The molecule has 0 aliphatic carbocycles. The van der Waals surface area contributed by atoms with Crippen molar-refractivity contribution in [3.63, 3.8) is 0 Å². The molecular formula is C14H19NO2S. The predicted octanol–water partition coefficient (Wildman–Crippen LogP) is 3.29. The second-order valence-electron chi connectivity index (χ2n) is 4.74. The van der Waals surface area contributed by atoms with Crippen molar-refractivity contribution in [2.24, 2.45) is 0 Å². The third-order valence-corrected chi connectivity index (χ3v) is 4.28. The van der Waals surface area contributed by atoms with E-state index in [0.717, 1.165) is 42.5 Å². The maximum atomic E-state index is 12.0. The molecule has 1 aromatic rings. The summed E-state index contributed by atoms with van der Waals surface area (Å²) in [5.74, 6) is 0.326. The van der Waals surface area contributed by atoms with Crippen LogP contribution >= 0.6 is 11.3 Å². The average Bonchev–Trinajstić information content (AvgIpc) is 2.82. The smallest absolute Gasteiger partial charge is 0.220 e. The third kappa shape index (κ3) is 3.67. The van der Waals surface area contributed by atoms with E-state index >= 15 is 0 Å². The Morgan fingerprint density at radius 3 is 2.56 bits per heavy atom. The minimum atomic E-state index is 0.0962. The van der Waals surface area contributed by atoms with Gasteiger partial charge in [0.2, 0.25) is 5.91 Å². The molecule has 0 spiro atoms. The van der Waals surface area contributed by atoms with Gasteiger partial charge in [0.15, 0.2) is 5.78 Å². The quantitative estimate of drug-likeness (QED) is 0.782. The molecule has 18 heavy (non-hydrogen) atoms. The summed E-state index contributed by atoms with van der Waals surface area (Å²) in [6, 6.07) is 1.94. The summed E-state index contributed by atoms with van der Waals surface area (Å²) in [5, 5.41) is 4.83. The SMILES string of the molecule is O=C1CCCCCCCC(=O)c2sccc2CN1. The molecule has 0 bridgehead atoms. The highest BCUT2D eigenvalue weighted by Crippen LogP contribution is 2.20. The van der Waals surface area contributed by atoms with E-state index in [-0.39, 0.29) is 11.7 Å². The number of amides is 1. The van der Waals surface area contributed by atoms with Gasteiger partial charge in [-0.2, -0.15) is 0 Å². The summed E-state index contributed by atoms with van der Waals surface area (Å²) in [5.41, 5.74) is 0.970. The van der Waals surface area contributed by atoms with Crippen LogP contribution in [0.5, 0.6) is 0 Å². The number of fused-ring (bicyclic) bond motifs is 1. The topological polar surface area (TPSA) is 46.2 Å². The van der Waals surface area contributed by atoms with Crippen LogP contribution in [0, 0.1) is 0 Å². The standard InChI is InChI=1S/C14H19NO2S/c16-12-6-4-2-1-3-5-7-13(17)15-10-11-8-9-18-14(11)12/h8-9H,1-7,10H2,(H,15,17). The molecule has 1 aliphatic heterocycles. The van der Waals surface area contributed by atoms with Crippen LogP contribution in [0.3, 0.4) is 0 Å². The molecule has 1 amide bonds. The summed E-state index contributed by atoms with van der Waals surface area (Å²) in [7, 11) is 0. The van der Waals surface area contributed by atoms with Crippen LogP contribution in [0.1, 0.15) is 60.2 Å². The summed E-state index contributed by atoms with van der Waals surface area (Å²) >= 11 is 1.49. The summed E-state index contributed by atoms with van der Waals surface area (Å²) in [6.45, 7) is 0.489. The lowest BCUT2D eigenvalue weighted by Crippen LogP contribution is -2.22. The molecule has 1 aliphatic rings. The number of carbonyl (C=O) groups is 2. The van der Waals surface area contributed by atoms with E-state index in [1.54, 1.807) is 0 Å². The minimum absolute atomic E-state index is 0.0962. The summed E-state index contributed by atoms with van der Waals surface area (Å²) in [6.07, 6.45) is 6.47. The first-order chi connectivity index (χ1) is 8.77. The first-order valence-electron chi connectivity index (χ1n) is 6.63. The predicted molar refractivity (Wildman–Crippen MR) is 72.8 cm³/mol. The Balaban J connectivity index is 2.06. The van der Waals surface area contributed by atoms with Crippen molar-refractivity contribution in [3.05, 3.63) is 21.9 Å². The fourth-order valence-corrected chi connectivity index (χ4v) is 3.11. The van der Waals surface area contributed by atoms with Crippen LogP contribution in [-0.4, -0.2) is 11.7 Å². The van der Waals surface area contributed by atoms with E-state index in [1.807, 2.05) is 11.4 Å². The first kappa shape index (κ1) is 13.3. The maximum Gasteiger partial charge on any atom is 0.220 e. The minimum Gasteiger partial charge on any atom is -0.352 e. The highest BCUT2D eigenvalue weighted by atomic mass is 32.1. The molecule has 0 radical (unpaired) electrons. The van der Waals surface area contributed by atoms with Gasteiger partial charge < -0.3 is 5.32 Å². The summed E-state index contributed by atoms with van der Waals surface area (Å²) < 4.78 is 0. The van der Waals surface area contributed by atoms with Crippen molar-refractivity contribution in [2.45, 2.75) is 51.5 Å². The van der Waals surface area contributed by atoms with E-state index in [1.165, 1.54) is 11.3 Å². The van der Waals surface area contributed by atoms with Crippen LogP contribution in [0.25, 0.3) is 0 Å². The Hall–Kier alpha value is -1.16. The van der Waals surface area contributed by atoms with Gasteiger partial charge in [0.25, 0.3) is 0 Å². The second kappa shape index (κ2) is 6.69. The zero-order valence-corrected chi connectivity index (χ0v) is 11.4. The van der Waals surface area contributed by atoms with Gasteiger partial charge in [-0.3, -0.25) is 9.59 Å². The Morgan fingerprint density at radius 1 is 1.00 bits per heavy atom. The van der Waals surface area contributed by atoms with Gasteiger partial charge >= 0.3 is 0 Å². The van der Waals surface area contributed by atoms with Crippen molar-refractivity contribution in [2.75, 3.05) is 0 Å². The molecule has 0 aromatic carbocycles. The highest BCUT2D eigenvalue weighted by Gasteiger charge is 2.14. The number of hydrogen-bond donors (Lipinski definition) is 1. The number of nitrogens with one attached hydrogen (secondary N) is 1. The first-order valence-corrected chi connectivity index (χ1v) is 7.51. The number of ketones is 1. The average molecular weight is 265 g/mol. The largest absolute Gasteiger partial charge is 0.352 e. The van der Waals surface area contributed by atoms with Crippen molar-refractivity contribution in [3.8, 4) is 0 Å². The van der Waals surface area contributed by atoms with Crippen LogP contribution in [0.4, 0.5) is 0 Å². The normalized spacial score (nSPS) is 19.1. The number of rotatable bonds is 0. The number of Topliss-reactive ketones (excluding diaryl/α,β-unsaturated/α-hetero) is 1.